The Balaban J connectivity index is 1.37. The second-order valence-corrected chi connectivity index (χ2v) is 8.63. The van der Waals surface area contributed by atoms with Crippen LogP contribution >= 0.6 is 0 Å². The largest absolute Gasteiger partial charge is 0.314 e. The summed E-state index contributed by atoms with van der Waals surface area (Å²) in [4.78, 5) is 15.4. The average molecular weight is 442 g/mol. The van der Waals surface area contributed by atoms with E-state index in [1.54, 1.807) is 4.90 Å². The lowest BCUT2D eigenvalue weighted by molar-refractivity contribution is -0.121. The molecule has 1 amide bonds. The lowest BCUT2D eigenvalue weighted by atomic mass is 9.73. The van der Waals surface area contributed by atoms with Gasteiger partial charge < -0.3 is 4.90 Å². The van der Waals surface area contributed by atoms with E-state index in [2.05, 4.69) is 78.9 Å². The van der Waals surface area contributed by atoms with Gasteiger partial charge in [-0.05, 0) is 40.3 Å². The third-order valence-corrected chi connectivity index (χ3v) is 6.64. The molecular weight excluding hydrogens is 414 g/mol. The van der Waals surface area contributed by atoms with Gasteiger partial charge in [-0.1, -0.05) is 127 Å². The van der Waals surface area contributed by atoms with E-state index in [0.717, 1.165) is 22.4 Å². The van der Waals surface area contributed by atoms with Crippen molar-refractivity contribution < 1.29 is 4.79 Å². The van der Waals surface area contributed by atoms with E-state index in [9.17, 15) is 4.79 Å². The Morgan fingerprint density at radius 1 is 0.706 bits per heavy atom. The maximum absolute atomic E-state index is 13.6. The van der Waals surface area contributed by atoms with Gasteiger partial charge in [-0.25, -0.2) is 0 Å². The molecule has 0 radical (unpaired) electrons. The van der Waals surface area contributed by atoms with Crippen LogP contribution in [0.1, 0.15) is 23.1 Å². The van der Waals surface area contributed by atoms with Gasteiger partial charge in [-0.3, -0.25) is 4.79 Å². The Morgan fingerprint density at radius 2 is 1.32 bits per heavy atom. The molecule has 0 aliphatic carbocycles. The smallest absolute Gasteiger partial charge is 0.242 e. The molecule has 4 aromatic rings. The molecule has 5 rings (SSSR count). The summed E-state index contributed by atoms with van der Waals surface area (Å²) in [7, 11) is 1.87. The Bertz CT molecular complexity index is 1340. The van der Waals surface area contributed by atoms with Gasteiger partial charge in [0.1, 0.15) is 5.41 Å². The third kappa shape index (κ3) is 3.88. The number of allylic oxidation sites excluding steroid dienone is 3. The van der Waals surface area contributed by atoms with Crippen molar-refractivity contribution in [2.75, 3.05) is 11.9 Å². The zero-order chi connectivity index (χ0) is 23.4. The Hall–Kier alpha value is -4.17. The van der Waals surface area contributed by atoms with Crippen molar-refractivity contribution >= 4 is 17.7 Å². The molecule has 0 fully saturated rings. The fraction of sp³-hybridized carbons (Fsp3) is 0.0938. The Kier molecular flexibility index (Phi) is 5.97. The highest BCUT2D eigenvalue weighted by molar-refractivity contribution is 6.10. The number of hydrogen-bond acceptors (Lipinski definition) is 1. The zero-order valence-corrected chi connectivity index (χ0v) is 19.3. The number of carbonyl (C=O) groups is 1. The summed E-state index contributed by atoms with van der Waals surface area (Å²) in [5, 5.41) is 0. The minimum absolute atomic E-state index is 0.116. The molecule has 0 N–H and O–H groups in total. The summed E-state index contributed by atoms with van der Waals surface area (Å²) < 4.78 is 0. The normalized spacial score (nSPS) is 17.6. The highest BCUT2D eigenvalue weighted by Crippen LogP contribution is 2.47. The first-order chi connectivity index (χ1) is 16.7. The summed E-state index contributed by atoms with van der Waals surface area (Å²) >= 11 is 0. The standard InChI is InChI=1S/C32H27NO/c1-33-30-19-11-10-18-29(30)32(31(33)34,28-16-8-3-9-17-28)24-12-4-5-13-25-20-22-27(23-21-25)26-14-6-2-7-15-26/h2-23H,24H2,1H3/b12-4+,13-5+/t32-/m0/s1. The van der Waals surface area contributed by atoms with Crippen molar-refractivity contribution in [3.8, 4) is 11.1 Å². The molecule has 2 nitrogen and oxygen atoms in total. The Labute approximate surface area is 201 Å². The molecule has 1 atom stereocenters. The summed E-state index contributed by atoms with van der Waals surface area (Å²) in [6.45, 7) is 0. The second-order valence-electron chi connectivity index (χ2n) is 8.63. The SMILES string of the molecule is CN1C(=O)[C@@](C/C=C/C=C/c2ccc(-c3ccccc3)cc2)(c2ccccc2)c2ccccc21. The first-order valence-corrected chi connectivity index (χ1v) is 11.6. The van der Waals surface area contributed by atoms with Crippen molar-refractivity contribution in [2.24, 2.45) is 0 Å². The predicted molar refractivity (Wildman–Crippen MR) is 142 cm³/mol. The maximum Gasteiger partial charge on any atom is 0.242 e. The number of para-hydroxylation sites is 1. The molecule has 1 heterocycles. The quantitative estimate of drug-likeness (QED) is 0.288. The monoisotopic (exact) mass is 441 g/mol. The van der Waals surface area contributed by atoms with Gasteiger partial charge in [0.05, 0.1) is 0 Å². The first kappa shape index (κ1) is 21.7. The first-order valence-electron chi connectivity index (χ1n) is 11.6. The van der Waals surface area contributed by atoms with E-state index >= 15 is 0 Å². The van der Waals surface area contributed by atoms with Crippen LogP contribution in [-0.2, 0) is 10.2 Å². The number of carbonyl (C=O) groups excluding carboxylic acids is 1. The van der Waals surface area contributed by atoms with Crippen LogP contribution in [0, 0.1) is 0 Å². The number of nitrogens with zero attached hydrogens (tertiary/aromatic N) is 1. The van der Waals surface area contributed by atoms with Crippen molar-refractivity contribution in [2.45, 2.75) is 11.8 Å². The van der Waals surface area contributed by atoms with Crippen LogP contribution in [0.2, 0.25) is 0 Å². The number of amides is 1. The van der Waals surface area contributed by atoms with Crippen molar-refractivity contribution in [3.63, 3.8) is 0 Å². The van der Waals surface area contributed by atoms with E-state index < -0.39 is 5.41 Å². The van der Waals surface area contributed by atoms with Crippen molar-refractivity contribution in [1.82, 2.24) is 0 Å². The minimum Gasteiger partial charge on any atom is -0.314 e. The van der Waals surface area contributed by atoms with Gasteiger partial charge in [0, 0.05) is 12.7 Å². The number of likely N-dealkylation sites (N-methyl/N-ethyl adjacent to an activating group) is 1. The van der Waals surface area contributed by atoms with Crippen LogP contribution in [0.25, 0.3) is 17.2 Å². The topological polar surface area (TPSA) is 20.3 Å². The lowest BCUT2D eigenvalue weighted by Crippen LogP contribution is -2.39. The molecule has 4 aromatic carbocycles. The molecule has 1 aliphatic heterocycles. The van der Waals surface area contributed by atoms with Gasteiger partial charge >= 0.3 is 0 Å². The number of fused-ring (bicyclic) bond motifs is 1. The summed E-state index contributed by atoms with van der Waals surface area (Å²) in [5.74, 6) is 0.116. The lowest BCUT2D eigenvalue weighted by Gasteiger charge is -2.28. The van der Waals surface area contributed by atoms with Gasteiger partial charge in [0.25, 0.3) is 0 Å². The predicted octanol–water partition coefficient (Wildman–Crippen LogP) is 7.28. The van der Waals surface area contributed by atoms with Crippen LogP contribution in [-0.4, -0.2) is 13.0 Å². The van der Waals surface area contributed by atoms with Crippen LogP contribution in [0.4, 0.5) is 5.69 Å². The number of anilines is 1. The van der Waals surface area contributed by atoms with Gasteiger partial charge in [-0.2, -0.15) is 0 Å². The average Bonchev–Trinajstić information content (AvgIpc) is 3.12. The summed E-state index contributed by atoms with van der Waals surface area (Å²) in [5.41, 5.74) is 5.95. The van der Waals surface area contributed by atoms with Crippen molar-refractivity contribution in [3.05, 3.63) is 144 Å². The molecule has 0 unspecified atom stereocenters. The molecule has 0 spiro atoms. The number of hydrogen-bond donors (Lipinski definition) is 0. The fourth-order valence-electron chi connectivity index (χ4n) is 4.86. The number of rotatable bonds is 6. The van der Waals surface area contributed by atoms with Crippen LogP contribution < -0.4 is 4.90 Å². The van der Waals surface area contributed by atoms with Gasteiger partial charge in [0.2, 0.25) is 5.91 Å². The van der Waals surface area contributed by atoms with E-state index in [1.807, 2.05) is 61.7 Å². The number of benzene rings is 4. The molecule has 2 heteroatoms. The molecule has 1 aliphatic rings. The van der Waals surface area contributed by atoms with Gasteiger partial charge in [-0.15, -0.1) is 0 Å². The van der Waals surface area contributed by atoms with E-state index in [-0.39, 0.29) is 5.91 Å². The second kappa shape index (κ2) is 9.36. The highest BCUT2D eigenvalue weighted by atomic mass is 16.2. The molecule has 0 aromatic heterocycles. The fourth-order valence-corrected chi connectivity index (χ4v) is 4.86. The molecule has 34 heavy (non-hydrogen) atoms. The Morgan fingerprint density at radius 3 is 2.06 bits per heavy atom. The molecule has 0 saturated carbocycles. The maximum atomic E-state index is 13.6. The van der Waals surface area contributed by atoms with E-state index in [1.165, 1.54) is 11.1 Å². The summed E-state index contributed by atoms with van der Waals surface area (Å²) in [6.07, 6.45) is 8.90. The van der Waals surface area contributed by atoms with Crippen LogP contribution in [0.5, 0.6) is 0 Å². The van der Waals surface area contributed by atoms with E-state index in [0.29, 0.717) is 6.42 Å². The minimum atomic E-state index is -0.700. The third-order valence-electron chi connectivity index (χ3n) is 6.64. The molecule has 0 saturated heterocycles. The molecule has 166 valence electrons. The van der Waals surface area contributed by atoms with Crippen molar-refractivity contribution in [1.29, 1.82) is 0 Å². The van der Waals surface area contributed by atoms with Crippen LogP contribution in [0.3, 0.4) is 0 Å². The highest BCUT2D eigenvalue weighted by Gasteiger charge is 2.49. The molecular formula is C32H27NO. The van der Waals surface area contributed by atoms with Gasteiger partial charge in [0.15, 0.2) is 0 Å². The zero-order valence-electron chi connectivity index (χ0n) is 19.3. The summed E-state index contributed by atoms with van der Waals surface area (Å²) in [6, 6.07) is 37.2. The van der Waals surface area contributed by atoms with Crippen LogP contribution in [0.15, 0.2) is 127 Å². The van der Waals surface area contributed by atoms with E-state index in [4.69, 9.17) is 0 Å². The molecule has 0 bridgehead atoms.